The van der Waals surface area contributed by atoms with Crippen LogP contribution in [0.2, 0.25) is 0 Å². The molecule has 0 aromatic heterocycles. The van der Waals surface area contributed by atoms with Crippen molar-refractivity contribution in [1.82, 2.24) is 0 Å². The van der Waals surface area contributed by atoms with Gasteiger partial charge in [-0.25, -0.2) is 0 Å². The molecule has 0 radical (unpaired) electrons. The SMILES string of the molecule is Cc1ccc(C2C(C(=O)c3ccccc3)=C(N)OC3=C2C(=O)CCC3)cc1. The van der Waals surface area contributed by atoms with Gasteiger partial charge in [0.2, 0.25) is 0 Å². The van der Waals surface area contributed by atoms with E-state index < -0.39 is 5.92 Å². The molecule has 27 heavy (non-hydrogen) atoms. The van der Waals surface area contributed by atoms with E-state index in [0.29, 0.717) is 35.3 Å². The quantitative estimate of drug-likeness (QED) is 0.835. The van der Waals surface area contributed by atoms with Gasteiger partial charge in [0.1, 0.15) is 5.76 Å². The van der Waals surface area contributed by atoms with E-state index in [2.05, 4.69) is 0 Å². The van der Waals surface area contributed by atoms with Gasteiger partial charge in [0.25, 0.3) is 0 Å². The van der Waals surface area contributed by atoms with Crippen LogP contribution in [0.25, 0.3) is 0 Å². The van der Waals surface area contributed by atoms with E-state index in [1.165, 1.54) is 0 Å². The summed E-state index contributed by atoms with van der Waals surface area (Å²) in [6.07, 6.45) is 1.88. The molecule has 4 rings (SSSR count). The Hall–Kier alpha value is -3.14. The van der Waals surface area contributed by atoms with Crippen LogP contribution in [0.4, 0.5) is 0 Å². The standard InChI is InChI=1S/C23H21NO3/c1-14-10-12-15(13-11-14)19-20-17(25)8-5-9-18(20)27-23(24)21(19)22(26)16-6-3-2-4-7-16/h2-4,6-7,10-13,19H,5,8-9,24H2,1H3. The molecule has 1 atom stereocenters. The number of allylic oxidation sites excluding steroid dienone is 3. The van der Waals surface area contributed by atoms with Gasteiger partial charge in [-0.1, -0.05) is 60.2 Å². The number of hydrogen-bond donors (Lipinski definition) is 1. The Bertz CT molecular complexity index is 968. The first-order valence-electron chi connectivity index (χ1n) is 9.16. The lowest BCUT2D eigenvalue weighted by molar-refractivity contribution is -0.116. The molecule has 1 aliphatic carbocycles. The van der Waals surface area contributed by atoms with Gasteiger partial charge in [-0.3, -0.25) is 9.59 Å². The molecule has 2 aliphatic rings. The maximum atomic E-state index is 13.3. The Kier molecular flexibility index (Phi) is 4.40. The molecular formula is C23H21NO3. The fourth-order valence-electron chi connectivity index (χ4n) is 3.82. The van der Waals surface area contributed by atoms with Crippen LogP contribution < -0.4 is 5.73 Å². The second kappa shape index (κ2) is 6.88. The molecule has 0 spiro atoms. The highest BCUT2D eigenvalue weighted by atomic mass is 16.5. The molecule has 1 unspecified atom stereocenters. The third-order valence-electron chi connectivity index (χ3n) is 5.18. The fraction of sp³-hybridized carbons (Fsp3) is 0.217. The maximum absolute atomic E-state index is 13.3. The predicted octanol–water partition coefficient (Wildman–Crippen LogP) is 4.17. The van der Waals surface area contributed by atoms with Gasteiger partial charge < -0.3 is 10.5 Å². The number of benzene rings is 2. The minimum Gasteiger partial charge on any atom is -0.445 e. The van der Waals surface area contributed by atoms with E-state index in [1.54, 1.807) is 12.1 Å². The Labute approximate surface area is 158 Å². The van der Waals surface area contributed by atoms with Crippen LogP contribution in [-0.2, 0) is 9.53 Å². The molecular weight excluding hydrogens is 338 g/mol. The Morgan fingerprint density at radius 1 is 1.04 bits per heavy atom. The van der Waals surface area contributed by atoms with Crippen molar-refractivity contribution >= 4 is 11.6 Å². The van der Waals surface area contributed by atoms with E-state index in [1.807, 2.05) is 49.4 Å². The zero-order chi connectivity index (χ0) is 19.0. The van der Waals surface area contributed by atoms with Crippen molar-refractivity contribution in [3.63, 3.8) is 0 Å². The molecule has 136 valence electrons. The van der Waals surface area contributed by atoms with E-state index in [-0.39, 0.29) is 17.4 Å². The highest BCUT2D eigenvalue weighted by Gasteiger charge is 2.40. The first-order valence-corrected chi connectivity index (χ1v) is 9.16. The monoisotopic (exact) mass is 359 g/mol. The van der Waals surface area contributed by atoms with Gasteiger partial charge in [-0.05, 0) is 18.9 Å². The number of aryl methyl sites for hydroxylation is 1. The molecule has 1 heterocycles. The van der Waals surface area contributed by atoms with Crippen molar-refractivity contribution in [1.29, 1.82) is 0 Å². The van der Waals surface area contributed by atoms with E-state index in [4.69, 9.17) is 10.5 Å². The number of carbonyl (C=O) groups excluding carboxylic acids is 2. The molecule has 2 N–H and O–H groups in total. The molecule has 4 heteroatoms. The Morgan fingerprint density at radius 2 is 1.74 bits per heavy atom. The van der Waals surface area contributed by atoms with Crippen LogP contribution in [0.15, 0.2) is 77.4 Å². The topological polar surface area (TPSA) is 69.4 Å². The number of Topliss-reactive ketones (excluding diaryl/α,β-unsaturated/α-hetero) is 2. The summed E-state index contributed by atoms with van der Waals surface area (Å²) in [6, 6.07) is 16.9. The second-order valence-corrected chi connectivity index (χ2v) is 7.03. The average Bonchev–Trinajstić information content (AvgIpc) is 2.68. The highest BCUT2D eigenvalue weighted by molar-refractivity contribution is 6.12. The third kappa shape index (κ3) is 3.08. The van der Waals surface area contributed by atoms with Gasteiger partial charge >= 0.3 is 0 Å². The van der Waals surface area contributed by atoms with Crippen LogP contribution >= 0.6 is 0 Å². The zero-order valence-electron chi connectivity index (χ0n) is 15.2. The minimum atomic E-state index is -0.491. The largest absolute Gasteiger partial charge is 0.445 e. The fourth-order valence-corrected chi connectivity index (χ4v) is 3.82. The normalized spacial score (nSPS) is 19.6. The van der Waals surface area contributed by atoms with Crippen molar-refractivity contribution < 1.29 is 14.3 Å². The number of ketones is 2. The van der Waals surface area contributed by atoms with Gasteiger partial charge in [0, 0.05) is 24.0 Å². The zero-order valence-corrected chi connectivity index (χ0v) is 15.2. The smallest absolute Gasteiger partial charge is 0.198 e. The first-order chi connectivity index (χ1) is 13.1. The number of hydrogen-bond acceptors (Lipinski definition) is 4. The summed E-state index contributed by atoms with van der Waals surface area (Å²) in [4.78, 5) is 26.1. The van der Waals surface area contributed by atoms with Gasteiger partial charge in [-0.15, -0.1) is 0 Å². The van der Waals surface area contributed by atoms with Crippen molar-refractivity contribution in [2.75, 3.05) is 0 Å². The van der Waals surface area contributed by atoms with Crippen LogP contribution in [-0.4, -0.2) is 11.6 Å². The number of carbonyl (C=O) groups is 2. The van der Waals surface area contributed by atoms with E-state index in [0.717, 1.165) is 17.5 Å². The molecule has 0 fully saturated rings. The summed E-state index contributed by atoms with van der Waals surface area (Å²) in [6.45, 7) is 2.00. The molecule has 4 nitrogen and oxygen atoms in total. The molecule has 0 saturated heterocycles. The summed E-state index contributed by atoms with van der Waals surface area (Å²) >= 11 is 0. The number of nitrogens with two attached hydrogens (primary N) is 1. The second-order valence-electron chi connectivity index (χ2n) is 7.03. The summed E-state index contributed by atoms with van der Waals surface area (Å²) in [5.41, 5.74) is 9.67. The van der Waals surface area contributed by atoms with Crippen molar-refractivity contribution in [2.24, 2.45) is 5.73 Å². The highest BCUT2D eigenvalue weighted by Crippen LogP contribution is 2.44. The van der Waals surface area contributed by atoms with Crippen LogP contribution in [0, 0.1) is 6.92 Å². The van der Waals surface area contributed by atoms with Gasteiger partial charge in [0.05, 0.1) is 11.5 Å². The minimum absolute atomic E-state index is 0.0349. The summed E-state index contributed by atoms with van der Waals surface area (Å²) in [5.74, 6) is 0.0490. The summed E-state index contributed by atoms with van der Waals surface area (Å²) < 4.78 is 5.79. The van der Waals surface area contributed by atoms with Crippen LogP contribution in [0.1, 0.15) is 46.7 Å². The van der Waals surface area contributed by atoms with E-state index in [9.17, 15) is 9.59 Å². The Balaban J connectivity index is 1.88. The third-order valence-corrected chi connectivity index (χ3v) is 5.18. The van der Waals surface area contributed by atoms with Crippen molar-refractivity contribution in [3.05, 3.63) is 94.1 Å². The lowest BCUT2D eigenvalue weighted by Gasteiger charge is -2.33. The van der Waals surface area contributed by atoms with Crippen molar-refractivity contribution in [3.8, 4) is 0 Å². The molecule has 1 aliphatic heterocycles. The molecule has 0 bridgehead atoms. The number of ether oxygens (including phenoxy) is 1. The molecule has 2 aromatic carbocycles. The van der Waals surface area contributed by atoms with E-state index >= 15 is 0 Å². The molecule has 2 aromatic rings. The van der Waals surface area contributed by atoms with Crippen LogP contribution in [0.3, 0.4) is 0 Å². The predicted molar refractivity (Wildman–Crippen MR) is 103 cm³/mol. The van der Waals surface area contributed by atoms with Crippen molar-refractivity contribution in [2.45, 2.75) is 32.1 Å². The van der Waals surface area contributed by atoms with Gasteiger partial charge in [-0.2, -0.15) is 0 Å². The number of rotatable bonds is 3. The van der Waals surface area contributed by atoms with Gasteiger partial charge in [0.15, 0.2) is 17.4 Å². The summed E-state index contributed by atoms with van der Waals surface area (Å²) in [7, 11) is 0. The lowest BCUT2D eigenvalue weighted by atomic mass is 9.75. The summed E-state index contributed by atoms with van der Waals surface area (Å²) in [5, 5.41) is 0. The Morgan fingerprint density at radius 3 is 2.44 bits per heavy atom. The lowest BCUT2D eigenvalue weighted by Crippen LogP contribution is -2.30. The first kappa shape index (κ1) is 17.3. The maximum Gasteiger partial charge on any atom is 0.198 e. The molecule has 0 saturated carbocycles. The molecule has 0 amide bonds. The van der Waals surface area contributed by atoms with Crippen LogP contribution in [0.5, 0.6) is 0 Å². The average molecular weight is 359 g/mol.